The predicted octanol–water partition coefficient (Wildman–Crippen LogP) is 4.91. The summed E-state index contributed by atoms with van der Waals surface area (Å²) in [5, 5.41) is 3.78. The van der Waals surface area contributed by atoms with Gasteiger partial charge >= 0.3 is 0 Å². The third-order valence-corrected chi connectivity index (χ3v) is 4.96. The Bertz CT molecular complexity index is 412. The van der Waals surface area contributed by atoms with Crippen LogP contribution in [0.3, 0.4) is 0 Å². The topological polar surface area (TPSA) is 15.3 Å². The quantitative estimate of drug-likeness (QED) is 0.767. The Hall–Kier alpha value is -1.02. The van der Waals surface area contributed by atoms with Crippen molar-refractivity contribution < 1.29 is 0 Å². The summed E-state index contributed by atoms with van der Waals surface area (Å²) in [5.41, 5.74) is 2.73. The standard InChI is InChI=1S/C19H32N2/c1-4-16-9-7-11-18(13-16)20-19-12-8-10-17(14-19)15-21(5-2)6-3/h8,10,12,14,16,18,20H,4-7,9,11,13,15H2,1-3H3. The van der Waals surface area contributed by atoms with Gasteiger partial charge in [0.1, 0.15) is 0 Å². The number of nitrogens with zero attached hydrogens (tertiary/aromatic N) is 1. The summed E-state index contributed by atoms with van der Waals surface area (Å²) in [4.78, 5) is 2.47. The minimum Gasteiger partial charge on any atom is -0.382 e. The molecule has 0 heterocycles. The molecule has 1 saturated carbocycles. The van der Waals surface area contributed by atoms with E-state index in [0.29, 0.717) is 6.04 Å². The third-order valence-electron chi connectivity index (χ3n) is 4.96. The zero-order chi connectivity index (χ0) is 15.1. The first kappa shape index (κ1) is 16.4. The fourth-order valence-corrected chi connectivity index (χ4v) is 3.49. The van der Waals surface area contributed by atoms with Crippen LogP contribution in [0.25, 0.3) is 0 Å². The number of rotatable bonds is 7. The van der Waals surface area contributed by atoms with E-state index in [1.165, 1.54) is 43.4 Å². The van der Waals surface area contributed by atoms with Gasteiger partial charge in [-0.25, -0.2) is 0 Å². The summed E-state index contributed by atoms with van der Waals surface area (Å²) in [6.07, 6.45) is 6.82. The van der Waals surface area contributed by atoms with E-state index in [0.717, 1.165) is 25.6 Å². The van der Waals surface area contributed by atoms with Gasteiger partial charge in [0.05, 0.1) is 0 Å². The molecule has 2 atom stereocenters. The van der Waals surface area contributed by atoms with Crippen molar-refractivity contribution in [2.75, 3.05) is 18.4 Å². The molecule has 2 nitrogen and oxygen atoms in total. The fourth-order valence-electron chi connectivity index (χ4n) is 3.49. The Balaban J connectivity index is 1.94. The fraction of sp³-hybridized carbons (Fsp3) is 0.684. The van der Waals surface area contributed by atoms with Gasteiger partial charge in [-0.3, -0.25) is 4.90 Å². The Morgan fingerprint density at radius 3 is 2.67 bits per heavy atom. The molecule has 1 N–H and O–H groups in total. The largest absolute Gasteiger partial charge is 0.382 e. The lowest BCUT2D eigenvalue weighted by Gasteiger charge is -2.30. The molecule has 2 heteroatoms. The maximum Gasteiger partial charge on any atom is 0.0345 e. The summed E-state index contributed by atoms with van der Waals surface area (Å²) in [6.45, 7) is 10.1. The molecule has 0 amide bonds. The van der Waals surface area contributed by atoms with Gasteiger partial charge in [-0.05, 0) is 49.5 Å². The molecule has 1 aromatic carbocycles. The lowest BCUT2D eigenvalue weighted by atomic mass is 9.84. The van der Waals surface area contributed by atoms with Gasteiger partial charge in [0, 0.05) is 18.3 Å². The molecule has 118 valence electrons. The van der Waals surface area contributed by atoms with Crippen LogP contribution >= 0.6 is 0 Å². The highest BCUT2D eigenvalue weighted by Crippen LogP contribution is 2.28. The van der Waals surface area contributed by atoms with Crippen molar-refractivity contribution >= 4 is 5.69 Å². The zero-order valence-corrected chi connectivity index (χ0v) is 14.1. The number of hydrogen-bond donors (Lipinski definition) is 1. The number of benzene rings is 1. The van der Waals surface area contributed by atoms with Crippen LogP contribution in [-0.2, 0) is 6.54 Å². The molecular formula is C19H32N2. The van der Waals surface area contributed by atoms with Crippen molar-refractivity contribution in [2.45, 2.75) is 65.5 Å². The van der Waals surface area contributed by atoms with Crippen LogP contribution in [0.2, 0.25) is 0 Å². The first-order valence-corrected chi connectivity index (χ1v) is 8.82. The Morgan fingerprint density at radius 2 is 1.95 bits per heavy atom. The molecule has 2 unspecified atom stereocenters. The Morgan fingerprint density at radius 1 is 1.14 bits per heavy atom. The Labute approximate surface area is 130 Å². The van der Waals surface area contributed by atoms with Crippen molar-refractivity contribution in [3.63, 3.8) is 0 Å². The van der Waals surface area contributed by atoms with E-state index in [1.807, 2.05) is 0 Å². The summed E-state index contributed by atoms with van der Waals surface area (Å²) >= 11 is 0. The van der Waals surface area contributed by atoms with Gasteiger partial charge in [-0.15, -0.1) is 0 Å². The van der Waals surface area contributed by atoms with Crippen LogP contribution in [-0.4, -0.2) is 24.0 Å². The molecule has 2 rings (SSSR count). The van der Waals surface area contributed by atoms with E-state index >= 15 is 0 Å². The first-order chi connectivity index (χ1) is 10.2. The highest BCUT2D eigenvalue weighted by molar-refractivity contribution is 5.46. The second kappa shape index (κ2) is 8.43. The predicted molar refractivity (Wildman–Crippen MR) is 92.7 cm³/mol. The SMILES string of the molecule is CCC1CCCC(Nc2cccc(CN(CC)CC)c2)C1. The molecule has 0 saturated heterocycles. The molecule has 0 aliphatic heterocycles. The summed E-state index contributed by atoms with van der Waals surface area (Å²) < 4.78 is 0. The maximum absolute atomic E-state index is 3.78. The van der Waals surface area contributed by atoms with E-state index in [4.69, 9.17) is 0 Å². The van der Waals surface area contributed by atoms with E-state index in [1.54, 1.807) is 0 Å². The normalized spacial score (nSPS) is 22.5. The van der Waals surface area contributed by atoms with Crippen molar-refractivity contribution in [3.8, 4) is 0 Å². The van der Waals surface area contributed by atoms with Crippen molar-refractivity contribution in [3.05, 3.63) is 29.8 Å². The molecule has 0 bridgehead atoms. The van der Waals surface area contributed by atoms with Gasteiger partial charge in [0.15, 0.2) is 0 Å². The van der Waals surface area contributed by atoms with Crippen molar-refractivity contribution in [2.24, 2.45) is 5.92 Å². The molecule has 0 spiro atoms. The molecule has 1 aliphatic carbocycles. The van der Waals surface area contributed by atoms with Gasteiger partial charge in [-0.2, -0.15) is 0 Å². The third kappa shape index (κ3) is 5.03. The van der Waals surface area contributed by atoms with Crippen molar-refractivity contribution in [1.29, 1.82) is 0 Å². The van der Waals surface area contributed by atoms with E-state index in [-0.39, 0.29) is 0 Å². The Kier molecular flexibility index (Phi) is 6.56. The lowest BCUT2D eigenvalue weighted by Crippen LogP contribution is -2.27. The first-order valence-electron chi connectivity index (χ1n) is 8.82. The molecule has 0 radical (unpaired) electrons. The maximum atomic E-state index is 3.78. The summed E-state index contributed by atoms with van der Waals surface area (Å²) in [7, 11) is 0. The monoisotopic (exact) mass is 288 g/mol. The van der Waals surface area contributed by atoms with E-state index in [9.17, 15) is 0 Å². The lowest BCUT2D eigenvalue weighted by molar-refractivity contribution is 0.296. The second-order valence-corrected chi connectivity index (χ2v) is 6.44. The van der Waals surface area contributed by atoms with Crippen LogP contribution in [0.15, 0.2) is 24.3 Å². The van der Waals surface area contributed by atoms with Crippen LogP contribution < -0.4 is 5.32 Å². The van der Waals surface area contributed by atoms with Gasteiger partial charge in [0.25, 0.3) is 0 Å². The molecule has 1 aliphatic rings. The highest BCUT2D eigenvalue weighted by atomic mass is 15.1. The molecule has 21 heavy (non-hydrogen) atoms. The van der Waals surface area contributed by atoms with Crippen LogP contribution in [0.5, 0.6) is 0 Å². The van der Waals surface area contributed by atoms with E-state index < -0.39 is 0 Å². The van der Waals surface area contributed by atoms with Crippen LogP contribution in [0.1, 0.15) is 58.4 Å². The number of nitrogens with one attached hydrogen (secondary N) is 1. The second-order valence-electron chi connectivity index (χ2n) is 6.44. The highest BCUT2D eigenvalue weighted by Gasteiger charge is 2.20. The van der Waals surface area contributed by atoms with Gasteiger partial charge < -0.3 is 5.32 Å². The van der Waals surface area contributed by atoms with Gasteiger partial charge in [0.2, 0.25) is 0 Å². The molecule has 0 aromatic heterocycles. The van der Waals surface area contributed by atoms with E-state index in [2.05, 4.69) is 55.3 Å². The smallest absolute Gasteiger partial charge is 0.0345 e. The average Bonchev–Trinajstić information content (AvgIpc) is 2.53. The summed E-state index contributed by atoms with van der Waals surface area (Å²) in [6, 6.07) is 9.68. The number of hydrogen-bond acceptors (Lipinski definition) is 2. The van der Waals surface area contributed by atoms with Gasteiger partial charge in [-0.1, -0.05) is 52.2 Å². The molecular weight excluding hydrogens is 256 g/mol. The van der Waals surface area contributed by atoms with Crippen LogP contribution in [0.4, 0.5) is 5.69 Å². The van der Waals surface area contributed by atoms with Crippen molar-refractivity contribution in [1.82, 2.24) is 4.90 Å². The molecule has 1 aromatic rings. The number of anilines is 1. The minimum absolute atomic E-state index is 0.674. The summed E-state index contributed by atoms with van der Waals surface area (Å²) in [5.74, 6) is 0.926. The minimum atomic E-state index is 0.674. The van der Waals surface area contributed by atoms with Crippen LogP contribution in [0, 0.1) is 5.92 Å². The average molecular weight is 288 g/mol. The zero-order valence-electron chi connectivity index (χ0n) is 14.1. The molecule has 1 fully saturated rings.